The minimum absolute atomic E-state index is 0. The van der Waals surface area contributed by atoms with E-state index in [4.69, 9.17) is 26.8 Å². The first-order valence-electron chi connectivity index (χ1n) is 5.13. The second-order valence-electron chi connectivity index (χ2n) is 3.04. The fourth-order valence-electron chi connectivity index (χ4n) is 0.886. The van der Waals surface area contributed by atoms with E-state index in [1.165, 1.54) is 18.4 Å². The van der Waals surface area contributed by atoms with Gasteiger partial charge in [-0.2, -0.15) is 0 Å². The molecule has 0 aliphatic rings. The number of nitrogens with zero attached hydrogens (tertiary/aromatic N) is 1. The summed E-state index contributed by atoms with van der Waals surface area (Å²) in [6.45, 7) is 1.19. The van der Waals surface area contributed by atoms with E-state index in [1.54, 1.807) is 12.1 Å². The molecular weight excluding hydrogens is 485 g/mol. The summed E-state index contributed by atoms with van der Waals surface area (Å²) in [5.74, 6) is -1.29. The fourth-order valence-corrected chi connectivity index (χ4v) is 1.62. The van der Waals surface area contributed by atoms with Crippen LogP contribution in [0.3, 0.4) is 0 Å². The van der Waals surface area contributed by atoms with Gasteiger partial charge in [-0.15, -0.1) is 0 Å². The van der Waals surface area contributed by atoms with E-state index in [2.05, 4.69) is 0 Å². The maximum Gasteiger partial charge on any atom is 2.00 e. The molecular formula is C10H15N3O6PtS. The normalized spacial score (nSPS) is 9.67. The summed E-state index contributed by atoms with van der Waals surface area (Å²) in [6, 6.07) is 6.11. The molecule has 122 valence electrons. The molecule has 0 aromatic heterocycles. The van der Waals surface area contributed by atoms with E-state index < -0.39 is 21.9 Å². The monoisotopic (exact) mass is 500 g/mol. The standard InChI is InChI=1S/C8H8O3S.C2H8N2.NO3.Pt/c1-12(11)7-5-3-2-4-6(7)8(9)10;3-1-2-4;2-1(3)4;/h2-5H,1H3,(H,9,10);1-4H2;;/q;;-1;+2/p-1. The van der Waals surface area contributed by atoms with Gasteiger partial charge in [0.2, 0.25) is 0 Å². The van der Waals surface area contributed by atoms with Crippen LogP contribution >= 0.6 is 0 Å². The van der Waals surface area contributed by atoms with Gasteiger partial charge < -0.3 is 36.7 Å². The number of aromatic carboxylic acids is 1. The van der Waals surface area contributed by atoms with Crippen molar-refractivity contribution in [2.75, 3.05) is 19.3 Å². The first-order chi connectivity index (χ1) is 9.27. The number of nitrogens with two attached hydrogens (primary N) is 2. The van der Waals surface area contributed by atoms with Gasteiger partial charge in [0, 0.05) is 29.8 Å². The molecule has 0 amide bonds. The smallest absolute Gasteiger partial charge is 0.545 e. The summed E-state index contributed by atoms with van der Waals surface area (Å²) in [4.78, 5) is 19.0. The van der Waals surface area contributed by atoms with E-state index in [0.29, 0.717) is 18.0 Å². The molecule has 1 rings (SSSR count). The maximum absolute atomic E-state index is 11.0. The molecule has 9 nitrogen and oxygen atoms in total. The molecule has 4 N–H and O–H groups in total. The number of hydrogen-bond donors (Lipinski definition) is 2. The summed E-state index contributed by atoms with van der Waals surface area (Å²) in [5, 5.41) is 25.2. The molecule has 0 saturated carbocycles. The molecule has 1 aromatic carbocycles. The fraction of sp³-hybridized carbons (Fsp3) is 0.300. The Labute approximate surface area is 138 Å². The zero-order chi connectivity index (χ0) is 16.1. The molecule has 0 bridgehead atoms. The second-order valence-corrected chi connectivity index (χ2v) is 4.39. The minimum atomic E-state index is -1.75. The number of hydrogen-bond acceptors (Lipinski definition) is 8. The number of carboxylic acids is 1. The van der Waals surface area contributed by atoms with Gasteiger partial charge in [0.15, 0.2) is 0 Å². The molecule has 11 heteroatoms. The predicted molar refractivity (Wildman–Crippen MR) is 71.6 cm³/mol. The molecule has 1 aromatic rings. The van der Waals surface area contributed by atoms with Crippen molar-refractivity contribution < 1.29 is 40.3 Å². The molecule has 0 heterocycles. The minimum Gasteiger partial charge on any atom is -0.545 e. The Morgan fingerprint density at radius 2 is 1.62 bits per heavy atom. The van der Waals surface area contributed by atoms with Crippen molar-refractivity contribution in [3.63, 3.8) is 0 Å². The molecule has 0 spiro atoms. The van der Waals surface area contributed by atoms with Crippen molar-refractivity contribution >= 4 is 16.8 Å². The first kappa shape index (κ1) is 24.7. The third kappa shape index (κ3) is 14.9. The van der Waals surface area contributed by atoms with Gasteiger partial charge >= 0.3 is 21.1 Å². The van der Waals surface area contributed by atoms with Crippen LogP contribution in [-0.4, -0.2) is 34.6 Å². The van der Waals surface area contributed by atoms with Gasteiger partial charge in [-0.3, -0.25) is 4.21 Å². The average Bonchev–Trinajstić information content (AvgIpc) is 2.38. The Hall–Kier alpha value is -1.35. The number of rotatable bonds is 3. The van der Waals surface area contributed by atoms with Crippen molar-refractivity contribution in [1.29, 1.82) is 0 Å². The second kappa shape index (κ2) is 15.0. The van der Waals surface area contributed by atoms with E-state index in [-0.39, 0.29) is 26.6 Å². The Morgan fingerprint density at radius 3 is 1.86 bits per heavy atom. The summed E-state index contributed by atoms with van der Waals surface area (Å²) >= 11 is 0. The van der Waals surface area contributed by atoms with Crippen LogP contribution in [-0.2, 0) is 31.9 Å². The Bertz CT molecular complexity index is 421. The number of benzene rings is 1. The summed E-state index contributed by atoms with van der Waals surface area (Å²) in [6.07, 6.45) is 1.43. The largest absolute Gasteiger partial charge is 2.00 e. The molecule has 0 fully saturated rings. The van der Waals surface area contributed by atoms with Gasteiger partial charge in [-0.05, 0) is 6.07 Å². The van der Waals surface area contributed by atoms with E-state index in [1.807, 2.05) is 0 Å². The van der Waals surface area contributed by atoms with Gasteiger partial charge in [0.05, 0.1) is 21.9 Å². The third-order valence-corrected chi connectivity index (χ3v) is 2.56. The van der Waals surface area contributed by atoms with E-state index >= 15 is 0 Å². The van der Waals surface area contributed by atoms with Crippen LogP contribution in [0.2, 0.25) is 0 Å². The van der Waals surface area contributed by atoms with Crippen molar-refractivity contribution in [3.8, 4) is 0 Å². The van der Waals surface area contributed by atoms with Crippen molar-refractivity contribution in [2.24, 2.45) is 11.5 Å². The molecule has 21 heavy (non-hydrogen) atoms. The van der Waals surface area contributed by atoms with Gasteiger partial charge in [-0.25, -0.2) is 0 Å². The van der Waals surface area contributed by atoms with Crippen LogP contribution in [0.1, 0.15) is 10.4 Å². The Morgan fingerprint density at radius 1 is 1.24 bits per heavy atom. The van der Waals surface area contributed by atoms with Gasteiger partial charge in [-0.1, -0.05) is 18.2 Å². The third-order valence-electron chi connectivity index (χ3n) is 1.58. The van der Waals surface area contributed by atoms with Crippen molar-refractivity contribution in [1.82, 2.24) is 0 Å². The molecule has 0 aliphatic heterocycles. The van der Waals surface area contributed by atoms with Crippen LogP contribution in [0.15, 0.2) is 29.2 Å². The quantitative estimate of drug-likeness (QED) is 0.370. The zero-order valence-corrected chi connectivity index (χ0v) is 14.1. The summed E-state index contributed by atoms with van der Waals surface area (Å²) < 4.78 is 11.0. The average molecular weight is 500 g/mol. The Balaban J connectivity index is -0.000000304. The first-order valence-corrected chi connectivity index (χ1v) is 6.69. The van der Waals surface area contributed by atoms with E-state index in [9.17, 15) is 14.1 Å². The topological polar surface area (TPSA) is 175 Å². The number of carboxylic acid groups (broad SMARTS) is 1. The molecule has 0 saturated heterocycles. The summed E-state index contributed by atoms with van der Waals surface area (Å²) in [5.41, 5.74) is 9.80. The van der Waals surface area contributed by atoms with Crippen LogP contribution in [0, 0.1) is 15.3 Å². The van der Waals surface area contributed by atoms with E-state index in [0.717, 1.165) is 0 Å². The van der Waals surface area contributed by atoms with Crippen molar-refractivity contribution in [2.45, 2.75) is 4.90 Å². The number of carbonyl (C=O) groups is 1. The van der Waals surface area contributed by atoms with Gasteiger partial charge in [0.25, 0.3) is 0 Å². The van der Waals surface area contributed by atoms with Crippen LogP contribution in [0.25, 0.3) is 0 Å². The predicted octanol–water partition coefficient (Wildman–Crippen LogP) is -1.55. The number of carbonyl (C=O) groups excluding carboxylic acids is 1. The summed E-state index contributed by atoms with van der Waals surface area (Å²) in [7, 11) is -1.28. The SMILES string of the molecule is CS(=O)c1ccccc1C(=O)[O-].NCCN.O=[N+]([O-])[O-].[Pt+2]. The Kier molecular flexibility index (Phi) is 17.7. The molecule has 1 atom stereocenters. The van der Waals surface area contributed by atoms with Crippen molar-refractivity contribution in [3.05, 3.63) is 45.2 Å². The molecule has 0 radical (unpaired) electrons. The van der Waals surface area contributed by atoms with Gasteiger partial charge in [0.1, 0.15) is 0 Å². The molecule has 1 unspecified atom stereocenters. The molecule has 0 aliphatic carbocycles. The zero-order valence-electron chi connectivity index (χ0n) is 11.0. The van der Waals surface area contributed by atoms with Crippen LogP contribution in [0.5, 0.6) is 0 Å². The van der Waals surface area contributed by atoms with Crippen LogP contribution in [0.4, 0.5) is 0 Å². The van der Waals surface area contributed by atoms with Crippen LogP contribution < -0.4 is 16.6 Å². The maximum atomic E-state index is 11.0.